The molecule has 4 rings (SSSR count). The number of halogens is 3. The van der Waals surface area contributed by atoms with E-state index < -0.39 is 11.7 Å². The Kier molecular flexibility index (Phi) is 4.65. The number of anilines is 1. The van der Waals surface area contributed by atoms with Gasteiger partial charge in [0, 0.05) is 18.8 Å². The third kappa shape index (κ3) is 3.70. The molecule has 1 unspecified atom stereocenters. The van der Waals surface area contributed by atoms with E-state index >= 15 is 0 Å². The summed E-state index contributed by atoms with van der Waals surface area (Å²) in [5, 5.41) is 4.56. The molecule has 8 heteroatoms. The van der Waals surface area contributed by atoms with Crippen molar-refractivity contribution in [1.82, 2.24) is 14.8 Å². The number of pyridine rings is 1. The van der Waals surface area contributed by atoms with Gasteiger partial charge in [0.05, 0.1) is 23.8 Å². The molecule has 2 aromatic heterocycles. The lowest BCUT2D eigenvalue weighted by molar-refractivity contribution is -0.137. The van der Waals surface area contributed by atoms with Crippen LogP contribution in [0.2, 0.25) is 0 Å². The van der Waals surface area contributed by atoms with Crippen LogP contribution in [0.5, 0.6) is 0 Å². The molecule has 1 atom stereocenters. The third-order valence-corrected chi connectivity index (χ3v) is 5.40. The summed E-state index contributed by atoms with van der Waals surface area (Å²) < 4.78 is 39.7. The molecule has 1 aliphatic heterocycles. The first-order valence-electron chi connectivity index (χ1n) is 9.31. The Morgan fingerprint density at radius 2 is 1.96 bits per heavy atom. The van der Waals surface area contributed by atoms with Gasteiger partial charge in [-0.25, -0.2) is 9.67 Å². The van der Waals surface area contributed by atoms with Crippen LogP contribution in [0.25, 0.3) is 0 Å². The lowest BCUT2D eigenvalue weighted by Gasteiger charge is -2.26. The molecule has 1 saturated heterocycles. The van der Waals surface area contributed by atoms with Crippen molar-refractivity contribution in [3.63, 3.8) is 0 Å². The molecular weight excluding hydrogens is 357 g/mol. The number of hydrogen-bond acceptors (Lipinski definition) is 4. The lowest BCUT2D eigenvalue weighted by Crippen LogP contribution is -2.38. The fourth-order valence-corrected chi connectivity index (χ4v) is 3.98. The van der Waals surface area contributed by atoms with Gasteiger partial charge in [0.15, 0.2) is 0 Å². The number of alkyl halides is 3. The zero-order chi connectivity index (χ0) is 19.0. The molecule has 0 spiro atoms. The Hall–Kier alpha value is -2.38. The molecular formula is C19H21F3N4O. The van der Waals surface area contributed by atoms with E-state index in [-0.39, 0.29) is 11.6 Å². The number of hydrogen-bond donors (Lipinski definition) is 0. The van der Waals surface area contributed by atoms with Crippen LogP contribution < -0.4 is 10.5 Å². The van der Waals surface area contributed by atoms with Crippen LogP contribution >= 0.6 is 0 Å². The molecule has 2 aliphatic rings. The minimum Gasteiger partial charge on any atom is -0.352 e. The maximum atomic E-state index is 12.7. The van der Waals surface area contributed by atoms with Gasteiger partial charge >= 0.3 is 6.18 Å². The van der Waals surface area contributed by atoms with Crippen LogP contribution in [-0.2, 0) is 25.6 Å². The zero-order valence-electron chi connectivity index (χ0n) is 14.9. The van der Waals surface area contributed by atoms with E-state index in [1.807, 2.05) is 4.90 Å². The second-order valence-electron chi connectivity index (χ2n) is 7.24. The monoisotopic (exact) mass is 378 g/mol. The predicted octanol–water partition coefficient (Wildman–Crippen LogP) is 3.20. The summed E-state index contributed by atoms with van der Waals surface area (Å²) in [6, 6.07) is 4.16. The standard InChI is InChI=1S/C19H21F3N4O/c20-19(21,22)14-7-8-17(23-11-14)25-9-3-5-15(25)12-26-18(27)10-13-4-1-2-6-16(13)24-26/h7-8,10-11,15H,1-6,9,12H2. The summed E-state index contributed by atoms with van der Waals surface area (Å²) in [7, 11) is 0. The van der Waals surface area contributed by atoms with Gasteiger partial charge in [-0.2, -0.15) is 18.3 Å². The van der Waals surface area contributed by atoms with Gasteiger partial charge in [0.2, 0.25) is 0 Å². The van der Waals surface area contributed by atoms with Gasteiger partial charge in [-0.05, 0) is 56.2 Å². The quantitative estimate of drug-likeness (QED) is 0.823. The van der Waals surface area contributed by atoms with E-state index in [0.29, 0.717) is 18.9 Å². The van der Waals surface area contributed by atoms with Crippen molar-refractivity contribution in [2.24, 2.45) is 0 Å². The van der Waals surface area contributed by atoms with Crippen LogP contribution in [0, 0.1) is 0 Å². The summed E-state index contributed by atoms with van der Waals surface area (Å²) in [6.45, 7) is 1.14. The van der Waals surface area contributed by atoms with Crippen molar-refractivity contribution in [2.45, 2.75) is 57.3 Å². The van der Waals surface area contributed by atoms with Crippen molar-refractivity contribution >= 4 is 5.82 Å². The summed E-state index contributed by atoms with van der Waals surface area (Å²) in [6.07, 6.45) is 2.22. The Bertz CT molecular complexity index is 876. The molecule has 0 aromatic carbocycles. The third-order valence-electron chi connectivity index (χ3n) is 5.40. The van der Waals surface area contributed by atoms with Crippen LogP contribution in [0.3, 0.4) is 0 Å². The number of aryl methyl sites for hydroxylation is 2. The Morgan fingerprint density at radius 1 is 1.15 bits per heavy atom. The highest BCUT2D eigenvalue weighted by molar-refractivity contribution is 5.42. The molecule has 0 saturated carbocycles. The minimum atomic E-state index is -4.39. The van der Waals surface area contributed by atoms with Gasteiger partial charge in [-0.3, -0.25) is 4.79 Å². The van der Waals surface area contributed by atoms with Crippen LogP contribution in [-0.4, -0.2) is 27.4 Å². The van der Waals surface area contributed by atoms with Crippen LogP contribution in [0.4, 0.5) is 19.0 Å². The molecule has 0 radical (unpaired) electrons. The largest absolute Gasteiger partial charge is 0.417 e. The first kappa shape index (κ1) is 18.0. The maximum absolute atomic E-state index is 12.7. The number of fused-ring (bicyclic) bond motifs is 1. The Morgan fingerprint density at radius 3 is 2.70 bits per heavy atom. The highest BCUT2D eigenvalue weighted by Crippen LogP contribution is 2.31. The Balaban J connectivity index is 1.55. The molecule has 0 N–H and O–H groups in total. The van der Waals surface area contributed by atoms with Crippen molar-refractivity contribution in [1.29, 1.82) is 0 Å². The van der Waals surface area contributed by atoms with E-state index in [1.54, 1.807) is 6.07 Å². The van der Waals surface area contributed by atoms with Gasteiger partial charge in [-0.15, -0.1) is 0 Å². The molecule has 2 aromatic rings. The molecule has 1 aliphatic carbocycles. The summed E-state index contributed by atoms with van der Waals surface area (Å²) >= 11 is 0. The average Bonchev–Trinajstić information content (AvgIpc) is 3.10. The number of rotatable bonds is 3. The molecule has 27 heavy (non-hydrogen) atoms. The zero-order valence-corrected chi connectivity index (χ0v) is 14.9. The second-order valence-corrected chi connectivity index (χ2v) is 7.24. The first-order chi connectivity index (χ1) is 12.9. The van der Waals surface area contributed by atoms with Gasteiger partial charge in [0.1, 0.15) is 5.82 Å². The van der Waals surface area contributed by atoms with Crippen molar-refractivity contribution in [2.75, 3.05) is 11.4 Å². The molecule has 5 nitrogen and oxygen atoms in total. The highest BCUT2D eigenvalue weighted by atomic mass is 19.4. The smallest absolute Gasteiger partial charge is 0.352 e. The second kappa shape index (κ2) is 6.98. The first-order valence-corrected chi connectivity index (χ1v) is 9.31. The van der Waals surface area contributed by atoms with Gasteiger partial charge in [0.25, 0.3) is 5.56 Å². The van der Waals surface area contributed by atoms with E-state index in [1.165, 1.54) is 10.7 Å². The van der Waals surface area contributed by atoms with Crippen molar-refractivity contribution in [3.8, 4) is 0 Å². The molecule has 144 valence electrons. The lowest BCUT2D eigenvalue weighted by atomic mass is 9.97. The van der Waals surface area contributed by atoms with Crippen molar-refractivity contribution in [3.05, 3.63) is 51.6 Å². The number of nitrogens with zero attached hydrogens (tertiary/aromatic N) is 4. The minimum absolute atomic E-state index is 0.000997. The topological polar surface area (TPSA) is 51.0 Å². The van der Waals surface area contributed by atoms with E-state index in [9.17, 15) is 18.0 Å². The van der Waals surface area contributed by atoms with Crippen LogP contribution in [0.15, 0.2) is 29.2 Å². The van der Waals surface area contributed by atoms with Crippen molar-refractivity contribution < 1.29 is 13.2 Å². The average molecular weight is 378 g/mol. The predicted molar refractivity (Wildman–Crippen MR) is 94.7 cm³/mol. The summed E-state index contributed by atoms with van der Waals surface area (Å²) in [5.74, 6) is 0.511. The normalized spacial score (nSPS) is 20.0. The summed E-state index contributed by atoms with van der Waals surface area (Å²) in [4.78, 5) is 18.4. The summed E-state index contributed by atoms with van der Waals surface area (Å²) in [5.41, 5.74) is 1.19. The van der Waals surface area contributed by atoms with E-state index in [4.69, 9.17) is 0 Å². The number of aromatic nitrogens is 3. The van der Waals surface area contributed by atoms with E-state index in [0.717, 1.165) is 62.0 Å². The SMILES string of the molecule is O=c1cc2c(nn1CC1CCCN1c1ccc(C(F)(F)F)cn1)CCCC2. The maximum Gasteiger partial charge on any atom is 0.417 e. The van der Waals surface area contributed by atoms with Gasteiger partial charge < -0.3 is 4.90 Å². The molecule has 1 fully saturated rings. The fourth-order valence-electron chi connectivity index (χ4n) is 3.98. The fraction of sp³-hybridized carbons (Fsp3) is 0.526. The Labute approximate surface area is 154 Å². The van der Waals surface area contributed by atoms with E-state index in [2.05, 4.69) is 10.1 Å². The molecule has 0 bridgehead atoms. The highest BCUT2D eigenvalue weighted by Gasteiger charge is 2.32. The van der Waals surface area contributed by atoms with Crippen LogP contribution in [0.1, 0.15) is 42.5 Å². The molecule has 0 amide bonds. The van der Waals surface area contributed by atoms with Gasteiger partial charge in [-0.1, -0.05) is 0 Å². The molecule has 3 heterocycles.